The number of rotatable bonds is 1. The molecule has 0 amide bonds. The highest BCUT2D eigenvalue weighted by Crippen LogP contribution is 2.51. The molecule has 0 aliphatic carbocycles. The fraction of sp³-hybridized carbons (Fsp3) is 0. The van der Waals surface area contributed by atoms with E-state index in [4.69, 9.17) is 0 Å². The zero-order valence-corrected chi connectivity index (χ0v) is 34.2. The molecule has 0 saturated heterocycles. The monoisotopic (exact) mass is 805 g/mol. The molecule has 0 fully saturated rings. The number of aromatic nitrogens is 3. The second kappa shape index (κ2) is 11.1. The third kappa shape index (κ3) is 3.70. The van der Waals surface area contributed by atoms with Gasteiger partial charge < -0.3 is 13.7 Å². The molecule has 0 unspecified atom stereocenters. The Balaban J connectivity index is 1.22. The average Bonchev–Trinajstić information content (AvgIpc) is 3.96. The van der Waals surface area contributed by atoms with Gasteiger partial charge in [0.1, 0.15) is 0 Å². The molecule has 16 rings (SSSR count). The van der Waals surface area contributed by atoms with E-state index in [0.717, 1.165) is 0 Å². The Bertz CT molecular complexity index is 4030. The lowest BCUT2D eigenvalue weighted by molar-refractivity contribution is 1.17. The number of nitrogens with zero attached hydrogens (tertiary/aromatic N) is 3. The van der Waals surface area contributed by atoms with Crippen LogP contribution in [0.5, 0.6) is 0 Å². The van der Waals surface area contributed by atoms with Crippen molar-refractivity contribution in [2.45, 2.75) is 19.6 Å². The molecule has 7 heteroatoms. The fourth-order valence-corrected chi connectivity index (χ4v) is 14.6. The number of fused-ring (bicyclic) bond motifs is 20. The maximum atomic E-state index is 2.70. The Hall–Kier alpha value is -6.79. The molecule has 4 aliphatic heterocycles. The molecule has 0 atom stereocenters. The lowest BCUT2D eigenvalue weighted by Crippen LogP contribution is -2.58. The van der Waals surface area contributed by atoms with Gasteiger partial charge in [0.15, 0.2) is 0 Å². The topological polar surface area (TPSA) is 14.8 Å². The van der Waals surface area contributed by atoms with E-state index in [-0.39, 0.29) is 13.4 Å². The first-order valence-corrected chi connectivity index (χ1v) is 22.8. The molecule has 3 nitrogen and oxygen atoms in total. The first kappa shape index (κ1) is 32.0. The van der Waals surface area contributed by atoms with Crippen molar-refractivity contribution in [3.8, 4) is 17.1 Å². The molecular formula is C54H29B2N3S2. The van der Waals surface area contributed by atoms with Crippen molar-refractivity contribution in [2.75, 3.05) is 0 Å². The second-order valence-electron chi connectivity index (χ2n) is 17.0. The molecule has 7 heterocycles. The van der Waals surface area contributed by atoms with E-state index in [1.165, 1.54) is 135 Å². The summed E-state index contributed by atoms with van der Waals surface area (Å²) in [6, 6.07) is 66.7. The molecule has 9 aromatic carbocycles. The minimum atomic E-state index is 0.149. The summed E-state index contributed by atoms with van der Waals surface area (Å²) in [6.45, 7) is 0.298. The smallest absolute Gasteiger partial charge is 0.249 e. The molecule has 3 aromatic heterocycles. The van der Waals surface area contributed by atoms with Crippen LogP contribution in [0, 0.1) is 0 Å². The quantitative estimate of drug-likeness (QED) is 0.154. The van der Waals surface area contributed by atoms with Crippen molar-refractivity contribution >= 4 is 135 Å². The SMILES string of the molecule is c1ccc(-n2c3ccccc3c3c2c2c4cccc5c4n(c2c2c4cccc6c4n(c32)-c2cccc3c2B6c2ccccc2S3)-c2cccc3c2B5c2ccccc2S3)cc1. The van der Waals surface area contributed by atoms with Gasteiger partial charge in [-0.1, -0.05) is 156 Å². The van der Waals surface area contributed by atoms with Crippen LogP contribution < -0.4 is 32.8 Å². The number of hydrogen-bond donors (Lipinski definition) is 0. The van der Waals surface area contributed by atoms with E-state index in [0.29, 0.717) is 0 Å². The first-order chi connectivity index (χ1) is 30.3. The van der Waals surface area contributed by atoms with Crippen molar-refractivity contribution < 1.29 is 0 Å². The summed E-state index contributed by atoms with van der Waals surface area (Å²) in [5.41, 5.74) is 19.9. The largest absolute Gasteiger partial charge is 0.309 e. The van der Waals surface area contributed by atoms with E-state index in [2.05, 4.69) is 190 Å². The van der Waals surface area contributed by atoms with Gasteiger partial charge in [-0.3, -0.25) is 0 Å². The van der Waals surface area contributed by atoms with Crippen LogP contribution in [-0.2, 0) is 0 Å². The molecule has 0 N–H and O–H groups in total. The molecule has 61 heavy (non-hydrogen) atoms. The minimum Gasteiger partial charge on any atom is -0.309 e. The Labute approximate surface area is 359 Å². The maximum absolute atomic E-state index is 2.70. The number of para-hydroxylation sites is 4. The van der Waals surface area contributed by atoms with Crippen LogP contribution in [0.15, 0.2) is 196 Å². The highest BCUT2D eigenvalue weighted by Gasteiger charge is 2.43. The van der Waals surface area contributed by atoms with E-state index in [1.807, 2.05) is 23.5 Å². The lowest BCUT2D eigenvalue weighted by atomic mass is 9.35. The summed E-state index contributed by atoms with van der Waals surface area (Å²) in [7, 11) is 0. The van der Waals surface area contributed by atoms with E-state index in [1.54, 1.807) is 0 Å². The highest BCUT2D eigenvalue weighted by molar-refractivity contribution is 8.00. The zero-order valence-electron chi connectivity index (χ0n) is 32.6. The van der Waals surface area contributed by atoms with Crippen LogP contribution in [0.2, 0.25) is 0 Å². The highest BCUT2D eigenvalue weighted by atomic mass is 32.2. The Kier molecular flexibility index (Phi) is 5.84. The zero-order chi connectivity index (χ0) is 39.2. The van der Waals surface area contributed by atoms with Gasteiger partial charge in [0.25, 0.3) is 0 Å². The predicted octanol–water partition coefficient (Wildman–Crippen LogP) is 9.57. The van der Waals surface area contributed by atoms with E-state index in [9.17, 15) is 0 Å². The number of hydrogen-bond acceptors (Lipinski definition) is 2. The third-order valence-corrected chi connectivity index (χ3v) is 16.6. The van der Waals surface area contributed by atoms with Crippen molar-refractivity contribution in [1.82, 2.24) is 13.7 Å². The van der Waals surface area contributed by atoms with Crippen molar-refractivity contribution in [3.05, 3.63) is 176 Å². The summed E-state index contributed by atoms with van der Waals surface area (Å²) in [5.74, 6) is 0. The van der Waals surface area contributed by atoms with Gasteiger partial charge in [0, 0.05) is 80.0 Å². The molecule has 12 aromatic rings. The molecule has 0 bridgehead atoms. The summed E-state index contributed by atoms with van der Waals surface area (Å²) >= 11 is 3.85. The maximum Gasteiger partial charge on any atom is 0.249 e. The third-order valence-electron chi connectivity index (χ3n) is 14.3. The predicted molar refractivity (Wildman–Crippen MR) is 260 cm³/mol. The Morgan fingerprint density at radius 1 is 0.311 bits per heavy atom. The van der Waals surface area contributed by atoms with Gasteiger partial charge in [-0.2, -0.15) is 0 Å². The molecule has 0 spiro atoms. The van der Waals surface area contributed by atoms with Gasteiger partial charge in [-0.15, -0.1) is 0 Å². The first-order valence-electron chi connectivity index (χ1n) is 21.2. The number of benzene rings is 9. The summed E-state index contributed by atoms with van der Waals surface area (Å²) in [6.07, 6.45) is 0. The van der Waals surface area contributed by atoms with Gasteiger partial charge in [0.2, 0.25) is 13.4 Å². The minimum absolute atomic E-state index is 0.149. The van der Waals surface area contributed by atoms with Crippen molar-refractivity contribution in [2.24, 2.45) is 0 Å². The average molecular weight is 806 g/mol. The summed E-state index contributed by atoms with van der Waals surface area (Å²) in [5, 5.41) is 7.85. The second-order valence-corrected chi connectivity index (χ2v) is 19.2. The molecule has 278 valence electrons. The van der Waals surface area contributed by atoms with Crippen LogP contribution in [0.4, 0.5) is 0 Å². The van der Waals surface area contributed by atoms with Gasteiger partial charge in [-0.05, 0) is 76.4 Å². The van der Waals surface area contributed by atoms with Crippen molar-refractivity contribution in [1.29, 1.82) is 0 Å². The molecule has 0 saturated carbocycles. The normalized spacial score (nSPS) is 14.0. The van der Waals surface area contributed by atoms with Crippen molar-refractivity contribution in [3.63, 3.8) is 0 Å². The van der Waals surface area contributed by atoms with Crippen LogP contribution >= 0.6 is 23.5 Å². The van der Waals surface area contributed by atoms with Crippen LogP contribution in [0.1, 0.15) is 0 Å². The Morgan fingerprint density at radius 2 is 0.738 bits per heavy atom. The molecular weight excluding hydrogens is 776 g/mol. The van der Waals surface area contributed by atoms with Crippen LogP contribution in [-0.4, -0.2) is 27.1 Å². The standard InChI is InChI=1S/C54H29B2N3S2/c1-2-14-30(15-3-1)57-38-23-7-4-16-31(38)45-52(57)46-32-17-10-21-36-50(32)59(40-25-13-29-44-49(40)55(36)34-19-5-8-26-41(34)61-44)54(46)47-33-18-11-22-37-51(33)58(53(45)47)39-24-12-28-43-48(39)56(37)35-20-6-9-27-42(35)60-43/h1-29H. The van der Waals surface area contributed by atoms with Crippen LogP contribution in [0.3, 0.4) is 0 Å². The van der Waals surface area contributed by atoms with Crippen LogP contribution in [0.25, 0.3) is 82.5 Å². The van der Waals surface area contributed by atoms with E-state index < -0.39 is 0 Å². The summed E-state index contributed by atoms with van der Waals surface area (Å²) < 4.78 is 7.96. The molecule has 4 aliphatic rings. The summed E-state index contributed by atoms with van der Waals surface area (Å²) in [4.78, 5) is 5.41. The Morgan fingerprint density at radius 3 is 1.33 bits per heavy atom. The van der Waals surface area contributed by atoms with E-state index >= 15 is 0 Å². The van der Waals surface area contributed by atoms with Gasteiger partial charge in [0.05, 0.1) is 22.1 Å². The molecule has 0 radical (unpaired) electrons. The van der Waals surface area contributed by atoms with Gasteiger partial charge in [-0.25, -0.2) is 0 Å². The fourth-order valence-electron chi connectivity index (χ4n) is 12.2. The van der Waals surface area contributed by atoms with Gasteiger partial charge >= 0.3 is 0 Å². The lowest BCUT2D eigenvalue weighted by Gasteiger charge is -2.33.